The number of anilines is 2. The van der Waals surface area contributed by atoms with Crippen molar-refractivity contribution in [2.75, 3.05) is 5.32 Å². The molecule has 1 N–H and O–H groups in total. The van der Waals surface area contributed by atoms with E-state index in [4.69, 9.17) is 11.6 Å². The van der Waals surface area contributed by atoms with E-state index in [9.17, 15) is 0 Å². The van der Waals surface area contributed by atoms with Crippen LogP contribution in [0.4, 0.5) is 11.5 Å². The smallest absolute Gasteiger partial charge is 0.144 e. The summed E-state index contributed by atoms with van der Waals surface area (Å²) in [6, 6.07) is 9.45. The Morgan fingerprint density at radius 1 is 1.12 bits per heavy atom. The van der Waals surface area contributed by atoms with Crippen LogP contribution >= 0.6 is 43.5 Å². The summed E-state index contributed by atoms with van der Waals surface area (Å²) in [7, 11) is 0. The van der Waals surface area contributed by atoms with E-state index in [2.05, 4.69) is 42.2 Å². The third kappa shape index (κ3) is 2.75. The predicted octanol–water partition coefficient (Wildman–Crippen LogP) is 5.00. The van der Waals surface area contributed by atoms with Crippen molar-refractivity contribution in [1.29, 1.82) is 0 Å². The number of pyridine rings is 1. The van der Waals surface area contributed by atoms with Gasteiger partial charge in [0.2, 0.25) is 0 Å². The van der Waals surface area contributed by atoms with E-state index in [1.165, 1.54) is 0 Å². The highest BCUT2D eigenvalue weighted by atomic mass is 79.9. The molecule has 0 unspecified atom stereocenters. The van der Waals surface area contributed by atoms with Crippen LogP contribution in [0.15, 0.2) is 45.5 Å². The van der Waals surface area contributed by atoms with Crippen LogP contribution in [0.2, 0.25) is 5.02 Å². The molecule has 2 rings (SSSR count). The van der Waals surface area contributed by atoms with Gasteiger partial charge < -0.3 is 5.32 Å². The normalized spacial score (nSPS) is 10.2. The van der Waals surface area contributed by atoms with Gasteiger partial charge >= 0.3 is 0 Å². The third-order valence-electron chi connectivity index (χ3n) is 1.94. The third-order valence-corrected chi connectivity index (χ3v) is 3.81. The Kier molecular flexibility index (Phi) is 3.84. The zero-order chi connectivity index (χ0) is 11.5. The van der Waals surface area contributed by atoms with Gasteiger partial charge in [-0.1, -0.05) is 11.6 Å². The van der Waals surface area contributed by atoms with Crippen LogP contribution in [0.3, 0.4) is 0 Å². The molecule has 0 atom stereocenters. The van der Waals surface area contributed by atoms with Crippen LogP contribution in [0.1, 0.15) is 0 Å². The first-order chi connectivity index (χ1) is 7.66. The maximum atomic E-state index is 6.00. The van der Waals surface area contributed by atoms with Gasteiger partial charge in [0.1, 0.15) is 5.82 Å². The van der Waals surface area contributed by atoms with E-state index < -0.39 is 0 Å². The molecule has 16 heavy (non-hydrogen) atoms. The van der Waals surface area contributed by atoms with E-state index in [0.29, 0.717) is 5.02 Å². The lowest BCUT2D eigenvalue weighted by molar-refractivity contribution is 1.29. The molecule has 0 aliphatic carbocycles. The molecule has 0 radical (unpaired) electrons. The molecule has 0 saturated carbocycles. The first-order valence-corrected chi connectivity index (χ1v) is 6.46. The van der Waals surface area contributed by atoms with E-state index in [0.717, 1.165) is 20.5 Å². The van der Waals surface area contributed by atoms with Crippen molar-refractivity contribution in [2.24, 2.45) is 0 Å². The number of nitrogens with one attached hydrogen (secondary N) is 1. The van der Waals surface area contributed by atoms with E-state index in [1.807, 2.05) is 30.3 Å². The monoisotopic (exact) mass is 360 g/mol. The highest BCUT2D eigenvalue weighted by Crippen LogP contribution is 2.28. The Balaban J connectivity index is 2.28. The maximum Gasteiger partial charge on any atom is 0.144 e. The number of benzene rings is 1. The van der Waals surface area contributed by atoms with E-state index in [-0.39, 0.29) is 0 Å². The number of rotatable bonds is 2. The minimum Gasteiger partial charge on any atom is -0.339 e. The second-order valence-corrected chi connectivity index (χ2v) is 5.20. The molecule has 0 saturated heterocycles. The largest absolute Gasteiger partial charge is 0.339 e. The molecule has 0 aliphatic heterocycles. The Morgan fingerprint density at radius 2 is 1.94 bits per heavy atom. The summed E-state index contributed by atoms with van der Waals surface area (Å²) in [6.45, 7) is 0. The summed E-state index contributed by atoms with van der Waals surface area (Å²) in [6.07, 6.45) is 1.73. The number of halogens is 3. The first kappa shape index (κ1) is 11.9. The standard InChI is InChI=1S/C11H7Br2ClN2/c12-8-4-3-7(6-10(8)14)16-11-9(13)2-1-5-15-11/h1-6H,(H,15,16). The summed E-state index contributed by atoms with van der Waals surface area (Å²) < 4.78 is 1.79. The second kappa shape index (κ2) is 5.17. The van der Waals surface area contributed by atoms with Crippen molar-refractivity contribution in [2.45, 2.75) is 0 Å². The molecule has 2 aromatic rings. The Hall–Kier alpha value is -0.580. The van der Waals surface area contributed by atoms with Crippen LogP contribution in [-0.2, 0) is 0 Å². The Morgan fingerprint density at radius 3 is 2.62 bits per heavy atom. The molecular weight excluding hydrogens is 355 g/mol. The van der Waals surface area contributed by atoms with Crippen molar-refractivity contribution < 1.29 is 0 Å². The molecule has 0 spiro atoms. The fourth-order valence-corrected chi connectivity index (χ4v) is 1.97. The van der Waals surface area contributed by atoms with Crippen LogP contribution in [0.5, 0.6) is 0 Å². The van der Waals surface area contributed by atoms with Crippen LogP contribution in [0.25, 0.3) is 0 Å². The SMILES string of the molecule is Clc1cc(Nc2ncccc2Br)ccc1Br. The number of hydrogen-bond acceptors (Lipinski definition) is 2. The number of aromatic nitrogens is 1. The molecule has 1 aromatic heterocycles. The molecule has 0 bridgehead atoms. The van der Waals surface area contributed by atoms with Gasteiger partial charge in [0.05, 0.1) is 9.50 Å². The fraction of sp³-hybridized carbons (Fsp3) is 0. The van der Waals surface area contributed by atoms with Crippen LogP contribution in [-0.4, -0.2) is 4.98 Å². The molecule has 1 heterocycles. The second-order valence-electron chi connectivity index (χ2n) is 3.09. The van der Waals surface area contributed by atoms with Gasteiger partial charge in [-0.25, -0.2) is 4.98 Å². The van der Waals surface area contributed by atoms with Crippen LogP contribution < -0.4 is 5.32 Å². The van der Waals surface area contributed by atoms with Crippen molar-refractivity contribution in [3.05, 3.63) is 50.5 Å². The van der Waals surface area contributed by atoms with Crippen molar-refractivity contribution in [1.82, 2.24) is 4.98 Å². The highest BCUT2D eigenvalue weighted by molar-refractivity contribution is 9.11. The highest BCUT2D eigenvalue weighted by Gasteiger charge is 2.02. The van der Waals surface area contributed by atoms with Gasteiger partial charge in [0.25, 0.3) is 0 Å². The number of nitrogens with zero attached hydrogens (tertiary/aromatic N) is 1. The molecule has 0 amide bonds. The van der Waals surface area contributed by atoms with Gasteiger partial charge in [-0.2, -0.15) is 0 Å². The molecule has 5 heteroatoms. The quantitative estimate of drug-likeness (QED) is 0.813. The first-order valence-electron chi connectivity index (χ1n) is 4.49. The van der Waals surface area contributed by atoms with Gasteiger partial charge in [-0.15, -0.1) is 0 Å². The van der Waals surface area contributed by atoms with Crippen molar-refractivity contribution in [3.63, 3.8) is 0 Å². The summed E-state index contributed by atoms with van der Waals surface area (Å²) in [5.74, 6) is 0.765. The predicted molar refractivity (Wildman–Crippen MR) is 74.4 cm³/mol. The summed E-state index contributed by atoms with van der Waals surface area (Å²) >= 11 is 12.8. The molecular formula is C11H7Br2ClN2. The Labute approximate surface area is 115 Å². The minimum absolute atomic E-state index is 0.664. The lowest BCUT2D eigenvalue weighted by atomic mass is 10.3. The molecule has 0 aliphatic rings. The number of hydrogen-bond donors (Lipinski definition) is 1. The molecule has 2 nitrogen and oxygen atoms in total. The molecule has 1 aromatic carbocycles. The zero-order valence-corrected chi connectivity index (χ0v) is 12.0. The maximum absolute atomic E-state index is 6.00. The van der Waals surface area contributed by atoms with Gasteiger partial charge in [-0.3, -0.25) is 0 Å². The summed E-state index contributed by atoms with van der Waals surface area (Å²) in [5.41, 5.74) is 0.896. The van der Waals surface area contributed by atoms with Crippen molar-refractivity contribution >= 4 is 55.0 Å². The average Bonchev–Trinajstić information content (AvgIpc) is 2.27. The lowest BCUT2D eigenvalue weighted by Gasteiger charge is -2.07. The summed E-state index contributed by atoms with van der Waals surface area (Å²) in [4.78, 5) is 4.21. The summed E-state index contributed by atoms with van der Waals surface area (Å²) in [5, 5.41) is 3.84. The van der Waals surface area contributed by atoms with Crippen molar-refractivity contribution in [3.8, 4) is 0 Å². The van der Waals surface area contributed by atoms with Crippen LogP contribution in [0, 0.1) is 0 Å². The van der Waals surface area contributed by atoms with E-state index in [1.54, 1.807) is 6.20 Å². The topological polar surface area (TPSA) is 24.9 Å². The minimum atomic E-state index is 0.664. The Bertz CT molecular complexity index is 517. The van der Waals surface area contributed by atoms with Gasteiger partial charge in [-0.05, 0) is 62.2 Å². The van der Waals surface area contributed by atoms with Gasteiger partial charge in [0, 0.05) is 16.4 Å². The van der Waals surface area contributed by atoms with Gasteiger partial charge in [0.15, 0.2) is 0 Å². The fourth-order valence-electron chi connectivity index (χ4n) is 1.19. The average molecular weight is 362 g/mol. The lowest BCUT2D eigenvalue weighted by Crippen LogP contribution is -1.93. The van der Waals surface area contributed by atoms with E-state index >= 15 is 0 Å². The molecule has 82 valence electrons. The zero-order valence-electron chi connectivity index (χ0n) is 8.05. The molecule has 0 fully saturated rings.